The highest BCUT2D eigenvalue weighted by molar-refractivity contribution is 7.09. The summed E-state index contributed by atoms with van der Waals surface area (Å²) in [5, 5.41) is 6.80. The van der Waals surface area contributed by atoms with Gasteiger partial charge in [-0.05, 0) is 13.0 Å². The first kappa shape index (κ1) is 14.5. The van der Waals surface area contributed by atoms with E-state index in [1.54, 1.807) is 18.4 Å². The summed E-state index contributed by atoms with van der Waals surface area (Å²) in [7, 11) is 1.74. The molecular formula is C16H21N3OS. The molecule has 1 N–H and O–H groups in total. The number of thiazole rings is 1. The SMILES string of the molecule is COc1ccccc1C1CNCCN1Cc1nc(C)cs1. The van der Waals surface area contributed by atoms with Crippen LogP contribution in [0.4, 0.5) is 0 Å². The number of hydrogen-bond acceptors (Lipinski definition) is 5. The van der Waals surface area contributed by atoms with Crippen LogP contribution in [0.1, 0.15) is 22.3 Å². The molecular weight excluding hydrogens is 282 g/mol. The first-order chi connectivity index (χ1) is 10.3. The van der Waals surface area contributed by atoms with Gasteiger partial charge >= 0.3 is 0 Å². The van der Waals surface area contributed by atoms with E-state index in [9.17, 15) is 0 Å². The molecule has 0 radical (unpaired) electrons. The van der Waals surface area contributed by atoms with Gasteiger partial charge in [-0.25, -0.2) is 4.98 Å². The van der Waals surface area contributed by atoms with E-state index < -0.39 is 0 Å². The second-order valence-electron chi connectivity index (χ2n) is 5.31. The molecule has 0 spiro atoms. The Labute approximate surface area is 129 Å². The number of nitrogens with zero attached hydrogens (tertiary/aromatic N) is 2. The Hall–Kier alpha value is -1.43. The van der Waals surface area contributed by atoms with E-state index in [0.717, 1.165) is 37.6 Å². The minimum atomic E-state index is 0.333. The van der Waals surface area contributed by atoms with Crippen molar-refractivity contribution >= 4 is 11.3 Å². The highest BCUT2D eigenvalue weighted by Gasteiger charge is 2.26. The average Bonchev–Trinajstić information content (AvgIpc) is 2.93. The molecule has 112 valence electrons. The van der Waals surface area contributed by atoms with Gasteiger partial charge in [0.25, 0.3) is 0 Å². The Morgan fingerprint density at radius 1 is 1.43 bits per heavy atom. The first-order valence-electron chi connectivity index (χ1n) is 7.26. The van der Waals surface area contributed by atoms with Gasteiger partial charge in [0.05, 0.1) is 19.7 Å². The summed E-state index contributed by atoms with van der Waals surface area (Å²) < 4.78 is 5.53. The Kier molecular flexibility index (Phi) is 4.53. The summed E-state index contributed by atoms with van der Waals surface area (Å²) in [6.07, 6.45) is 0. The lowest BCUT2D eigenvalue weighted by Gasteiger charge is -2.36. The van der Waals surface area contributed by atoms with Crippen LogP contribution in [0.15, 0.2) is 29.6 Å². The molecule has 21 heavy (non-hydrogen) atoms. The molecule has 3 rings (SSSR count). The molecule has 1 aliphatic heterocycles. The van der Waals surface area contributed by atoms with Crippen LogP contribution >= 0.6 is 11.3 Å². The standard InChI is InChI=1S/C16H21N3OS/c1-12-11-21-16(18-12)10-19-8-7-17-9-14(19)13-5-3-4-6-15(13)20-2/h3-6,11,14,17H,7-10H2,1-2H3. The zero-order chi connectivity index (χ0) is 14.7. The van der Waals surface area contributed by atoms with Crippen LogP contribution in [0.5, 0.6) is 5.75 Å². The highest BCUT2D eigenvalue weighted by atomic mass is 32.1. The zero-order valence-corrected chi connectivity index (χ0v) is 13.3. The third kappa shape index (κ3) is 3.26. The molecule has 1 atom stereocenters. The molecule has 1 aliphatic rings. The second-order valence-corrected chi connectivity index (χ2v) is 6.26. The molecule has 1 unspecified atom stereocenters. The molecule has 2 aromatic rings. The quantitative estimate of drug-likeness (QED) is 0.942. The minimum Gasteiger partial charge on any atom is -0.496 e. The maximum absolute atomic E-state index is 5.53. The molecule has 5 heteroatoms. The lowest BCUT2D eigenvalue weighted by molar-refractivity contribution is 0.151. The number of ether oxygens (including phenoxy) is 1. The fourth-order valence-electron chi connectivity index (χ4n) is 2.83. The van der Waals surface area contributed by atoms with Gasteiger partial charge in [0.2, 0.25) is 0 Å². The normalized spacial score (nSPS) is 19.6. The number of aryl methyl sites for hydroxylation is 1. The van der Waals surface area contributed by atoms with E-state index in [0.29, 0.717) is 6.04 Å². The topological polar surface area (TPSA) is 37.4 Å². The molecule has 1 saturated heterocycles. The fraction of sp³-hybridized carbons (Fsp3) is 0.438. The summed E-state index contributed by atoms with van der Waals surface area (Å²) in [6.45, 7) is 5.96. The van der Waals surface area contributed by atoms with Gasteiger partial charge < -0.3 is 10.1 Å². The summed E-state index contributed by atoms with van der Waals surface area (Å²) in [6, 6.07) is 8.64. The van der Waals surface area contributed by atoms with Crippen molar-refractivity contribution in [2.75, 3.05) is 26.7 Å². The molecule has 4 nitrogen and oxygen atoms in total. The number of methoxy groups -OCH3 is 1. The average molecular weight is 303 g/mol. The van der Waals surface area contributed by atoms with Gasteiger partial charge in [0.1, 0.15) is 10.8 Å². The highest BCUT2D eigenvalue weighted by Crippen LogP contribution is 2.31. The van der Waals surface area contributed by atoms with Crippen molar-refractivity contribution in [1.29, 1.82) is 0 Å². The second kappa shape index (κ2) is 6.56. The fourth-order valence-corrected chi connectivity index (χ4v) is 3.63. The molecule has 0 amide bonds. The number of hydrogen-bond donors (Lipinski definition) is 1. The van der Waals surface area contributed by atoms with E-state index in [1.165, 1.54) is 10.6 Å². The third-order valence-electron chi connectivity index (χ3n) is 3.86. The van der Waals surface area contributed by atoms with E-state index in [-0.39, 0.29) is 0 Å². The maximum Gasteiger partial charge on any atom is 0.123 e. The Morgan fingerprint density at radius 3 is 3.05 bits per heavy atom. The van der Waals surface area contributed by atoms with Crippen molar-refractivity contribution < 1.29 is 4.74 Å². The van der Waals surface area contributed by atoms with E-state index >= 15 is 0 Å². The number of benzene rings is 1. The number of rotatable bonds is 4. The van der Waals surface area contributed by atoms with Gasteiger partial charge in [-0.2, -0.15) is 0 Å². The lowest BCUT2D eigenvalue weighted by Crippen LogP contribution is -2.45. The van der Waals surface area contributed by atoms with Gasteiger partial charge in [-0.1, -0.05) is 18.2 Å². The van der Waals surface area contributed by atoms with Crippen molar-refractivity contribution in [3.63, 3.8) is 0 Å². The van der Waals surface area contributed by atoms with Gasteiger partial charge in [0.15, 0.2) is 0 Å². The largest absolute Gasteiger partial charge is 0.496 e. The lowest BCUT2D eigenvalue weighted by atomic mass is 10.0. The van der Waals surface area contributed by atoms with Crippen LogP contribution in [0.3, 0.4) is 0 Å². The predicted octanol–water partition coefficient (Wildman–Crippen LogP) is 2.61. The monoisotopic (exact) mass is 303 g/mol. The van der Waals surface area contributed by atoms with Gasteiger partial charge in [-0.3, -0.25) is 4.90 Å². The van der Waals surface area contributed by atoms with E-state index in [4.69, 9.17) is 4.74 Å². The Morgan fingerprint density at radius 2 is 2.29 bits per heavy atom. The minimum absolute atomic E-state index is 0.333. The van der Waals surface area contributed by atoms with Crippen LogP contribution in [0.2, 0.25) is 0 Å². The Bertz CT molecular complexity index is 599. The van der Waals surface area contributed by atoms with Crippen LogP contribution in [-0.4, -0.2) is 36.6 Å². The molecule has 0 saturated carbocycles. The molecule has 1 aromatic heterocycles. The molecule has 2 heterocycles. The molecule has 1 aromatic carbocycles. The van der Waals surface area contributed by atoms with Crippen molar-refractivity contribution in [1.82, 2.24) is 15.2 Å². The maximum atomic E-state index is 5.53. The Balaban J connectivity index is 1.84. The summed E-state index contributed by atoms with van der Waals surface area (Å²) in [4.78, 5) is 7.09. The molecule has 0 aliphatic carbocycles. The zero-order valence-electron chi connectivity index (χ0n) is 12.5. The number of para-hydroxylation sites is 1. The van der Waals surface area contributed by atoms with Crippen molar-refractivity contribution in [2.45, 2.75) is 19.5 Å². The predicted molar refractivity (Wildman–Crippen MR) is 85.9 cm³/mol. The van der Waals surface area contributed by atoms with Crippen molar-refractivity contribution in [2.24, 2.45) is 0 Å². The summed E-state index contributed by atoms with van der Waals surface area (Å²) in [5.41, 5.74) is 2.36. The smallest absolute Gasteiger partial charge is 0.123 e. The summed E-state index contributed by atoms with van der Waals surface area (Å²) >= 11 is 1.75. The van der Waals surface area contributed by atoms with Gasteiger partial charge in [0, 0.05) is 36.3 Å². The van der Waals surface area contributed by atoms with Crippen LogP contribution in [-0.2, 0) is 6.54 Å². The van der Waals surface area contributed by atoms with E-state index in [2.05, 4.69) is 39.6 Å². The summed E-state index contributed by atoms with van der Waals surface area (Å²) in [5.74, 6) is 0.964. The van der Waals surface area contributed by atoms with Crippen LogP contribution in [0, 0.1) is 6.92 Å². The van der Waals surface area contributed by atoms with Crippen molar-refractivity contribution in [3.05, 3.63) is 45.9 Å². The van der Waals surface area contributed by atoms with E-state index in [1.807, 2.05) is 12.1 Å². The van der Waals surface area contributed by atoms with Gasteiger partial charge in [-0.15, -0.1) is 11.3 Å². The number of nitrogens with one attached hydrogen (secondary N) is 1. The van der Waals surface area contributed by atoms with Crippen LogP contribution < -0.4 is 10.1 Å². The third-order valence-corrected chi connectivity index (χ3v) is 4.81. The van der Waals surface area contributed by atoms with Crippen molar-refractivity contribution in [3.8, 4) is 5.75 Å². The molecule has 1 fully saturated rings. The van der Waals surface area contributed by atoms with Crippen LogP contribution in [0.25, 0.3) is 0 Å². The molecule has 0 bridgehead atoms. The number of aromatic nitrogens is 1. The first-order valence-corrected chi connectivity index (χ1v) is 8.14. The number of piperazine rings is 1.